The number of hydrogen-bond donors (Lipinski definition) is 0. The molecule has 0 unspecified atom stereocenters. The molecule has 0 aliphatic carbocycles. The highest BCUT2D eigenvalue weighted by Crippen LogP contribution is 2.46. The van der Waals surface area contributed by atoms with Crippen LogP contribution in [0.5, 0.6) is 0 Å². The van der Waals surface area contributed by atoms with Crippen molar-refractivity contribution in [3.05, 3.63) is 71.3 Å². The van der Waals surface area contributed by atoms with Crippen molar-refractivity contribution in [3.8, 4) is 0 Å². The van der Waals surface area contributed by atoms with Crippen molar-refractivity contribution < 1.29 is 9.59 Å². The Balaban J connectivity index is 1.82. The van der Waals surface area contributed by atoms with Crippen molar-refractivity contribution in [1.82, 2.24) is 4.90 Å². The summed E-state index contributed by atoms with van der Waals surface area (Å²) in [4.78, 5) is 26.8. The van der Waals surface area contributed by atoms with E-state index in [4.69, 9.17) is 0 Å². The fourth-order valence-corrected chi connectivity index (χ4v) is 3.55. The van der Waals surface area contributed by atoms with Gasteiger partial charge in [0.05, 0.1) is 12.1 Å². The van der Waals surface area contributed by atoms with E-state index < -0.39 is 0 Å². The SMILES string of the molecule is O=C1C[C@@H](c2ccccc2)N2C(=O)c3ccccc3[C@@H]2C1. The molecular formula is C18H15NO2. The molecule has 0 bridgehead atoms. The lowest BCUT2D eigenvalue weighted by Crippen LogP contribution is -2.38. The molecule has 1 fully saturated rings. The van der Waals surface area contributed by atoms with E-state index in [2.05, 4.69) is 0 Å². The molecule has 2 aliphatic rings. The number of rotatable bonds is 1. The number of Topliss-reactive ketones (excluding diaryl/α,β-unsaturated/α-hetero) is 1. The Morgan fingerprint density at radius 1 is 0.810 bits per heavy atom. The van der Waals surface area contributed by atoms with Crippen LogP contribution >= 0.6 is 0 Å². The van der Waals surface area contributed by atoms with Crippen molar-refractivity contribution in [2.75, 3.05) is 0 Å². The first-order chi connectivity index (χ1) is 10.3. The Kier molecular flexibility index (Phi) is 2.67. The summed E-state index contributed by atoms with van der Waals surface area (Å²) in [6, 6.07) is 17.3. The van der Waals surface area contributed by atoms with Crippen LogP contribution in [0.2, 0.25) is 0 Å². The third-order valence-corrected chi connectivity index (χ3v) is 4.48. The molecule has 21 heavy (non-hydrogen) atoms. The summed E-state index contributed by atoms with van der Waals surface area (Å²) < 4.78 is 0. The topological polar surface area (TPSA) is 37.4 Å². The first-order valence-electron chi connectivity index (χ1n) is 7.24. The molecule has 3 nitrogen and oxygen atoms in total. The van der Waals surface area contributed by atoms with E-state index in [0.717, 1.165) is 16.7 Å². The molecule has 104 valence electrons. The number of carbonyl (C=O) groups excluding carboxylic acids is 2. The molecule has 2 heterocycles. The van der Waals surface area contributed by atoms with Gasteiger partial charge in [-0.3, -0.25) is 9.59 Å². The number of amides is 1. The average molecular weight is 277 g/mol. The largest absolute Gasteiger partial charge is 0.324 e. The van der Waals surface area contributed by atoms with Gasteiger partial charge in [0, 0.05) is 18.4 Å². The highest BCUT2D eigenvalue weighted by atomic mass is 16.2. The van der Waals surface area contributed by atoms with Gasteiger partial charge in [-0.05, 0) is 17.2 Å². The minimum absolute atomic E-state index is 0.0527. The number of hydrogen-bond acceptors (Lipinski definition) is 2. The van der Waals surface area contributed by atoms with Gasteiger partial charge < -0.3 is 4.90 Å². The van der Waals surface area contributed by atoms with Gasteiger partial charge in [0.25, 0.3) is 5.91 Å². The van der Waals surface area contributed by atoms with Crippen molar-refractivity contribution in [2.45, 2.75) is 24.9 Å². The predicted octanol–water partition coefficient (Wildman–Crippen LogP) is 3.29. The highest BCUT2D eigenvalue weighted by Gasteiger charge is 2.45. The fourth-order valence-electron chi connectivity index (χ4n) is 3.55. The van der Waals surface area contributed by atoms with Crippen LogP contribution < -0.4 is 0 Å². The zero-order valence-electron chi connectivity index (χ0n) is 11.5. The molecule has 4 rings (SSSR count). The normalized spacial score (nSPS) is 23.9. The maximum absolute atomic E-state index is 12.7. The summed E-state index contributed by atoms with van der Waals surface area (Å²) in [5.74, 6) is 0.284. The molecule has 0 saturated carbocycles. The quantitative estimate of drug-likeness (QED) is 0.802. The van der Waals surface area contributed by atoms with E-state index >= 15 is 0 Å². The maximum atomic E-state index is 12.7. The monoisotopic (exact) mass is 277 g/mol. The van der Waals surface area contributed by atoms with Gasteiger partial charge in [-0.2, -0.15) is 0 Å². The standard InChI is InChI=1S/C18H15NO2/c20-13-10-16(12-6-2-1-3-7-12)19-17(11-13)14-8-4-5-9-15(14)18(19)21/h1-9,16-17H,10-11H2/t16-,17-/m0/s1. The van der Waals surface area contributed by atoms with E-state index in [0.29, 0.717) is 12.8 Å². The molecular weight excluding hydrogens is 262 g/mol. The molecule has 0 N–H and O–H groups in total. The number of benzene rings is 2. The van der Waals surface area contributed by atoms with E-state index in [1.165, 1.54) is 0 Å². The molecule has 3 heteroatoms. The Morgan fingerprint density at radius 2 is 1.48 bits per heavy atom. The smallest absolute Gasteiger partial charge is 0.255 e. The Bertz CT molecular complexity index is 723. The zero-order valence-corrected chi connectivity index (χ0v) is 11.5. The van der Waals surface area contributed by atoms with Crippen LogP contribution in [0.3, 0.4) is 0 Å². The molecule has 1 saturated heterocycles. The summed E-state index contributed by atoms with van der Waals surface area (Å²) in [6.07, 6.45) is 0.854. The lowest BCUT2D eigenvalue weighted by Gasteiger charge is -2.37. The Labute approximate surface area is 123 Å². The van der Waals surface area contributed by atoms with Crippen LogP contribution in [0.4, 0.5) is 0 Å². The van der Waals surface area contributed by atoms with E-state index in [1.54, 1.807) is 0 Å². The summed E-state index contributed by atoms with van der Waals surface area (Å²) in [6.45, 7) is 0. The van der Waals surface area contributed by atoms with Crippen molar-refractivity contribution in [2.24, 2.45) is 0 Å². The fraction of sp³-hybridized carbons (Fsp3) is 0.222. The van der Waals surface area contributed by atoms with Gasteiger partial charge in [0.15, 0.2) is 0 Å². The van der Waals surface area contributed by atoms with Gasteiger partial charge in [-0.25, -0.2) is 0 Å². The van der Waals surface area contributed by atoms with E-state index in [-0.39, 0.29) is 23.8 Å². The molecule has 1 amide bonds. The van der Waals surface area contributed by atoms with Crippen LogP contribution in [0.1, 0.15) is 46.4 Å². The first-order valence-corrected chi connectivity index (χ1v) is 7.24. The van der Waals surface area contributed by atoms with Gasteiger partial charge in [0.2, 0.25) is 0 Å². The highest BCUT2D eigenvalue weighted by molar-refractivity contribution is 6.01. The molecule has 2 atom stereocenters. The van der Waals surface area contributed by atoms with Crippen molar-refractivity contribution >= 4 is 11.7 Å². The predicted molar refractivity (Wildman–Crippen MR) is 78.8 cm³/mol. The lowest BCUT2D eigenvalue weighted by molar-refractivity contribution is -0.124. The molecule has 2 aromatic carbocycles. The van der Waals surface area contributed by atoms with Crippen LogP contribution in [0.25, 0.3) is 0 Å². The molecule has 2 aromatic rings. The number of ketones is 1. The summed E-state index contributed by atoms with van der Waals surface area (Å²) in [5.41, 5.74) is 2.78. The summed E-state index contributed by atoms with van der Waals surface area (Å²) in [7, 11) is 0. The molecule has 2 aliphatic heterocycles. The maximum Gasteiger partial charge on any atom is 0.255 e. The third-order valence-electron chi connectivity index (χ3n) is 4.48. The van der Waals surface area contributed by atoms with Crippen LogP contribution in [-0.4, -0.2) is 16.6 Å². The minimum atomic E-state index is -0.141. The molecule has 0 aromatic heterocycles. The Morgan fingerprint density at radius 3 is 2.29 bits per heavy atom. The van der Waals surface area contributed by atoms with E-state index in [9.17, 15) is 9.59 Å². The minimum Gasteiger partial charge on any atom is -0.324 e. The molecule has 0 radical (unpaired) electrons. The van der Waals surface area contributed by atoms with Gasteiger partial charge in [0.1, 0.15) is 5.78 Å². The summed E-state index contributed by atoms with van der Waals surface area (Å²) in [5, 5.41) is 0. The summed E-state index contributed by atoms with van der Waals surface area (Å²) >= 11 is 0. The first kappa shape index (κ1) is 12.3. The third kappa shape index (κ3) is 1.81. The van der Waals surface area contributed by atoms with Gasteiger partial charge in [-0.1, -0.05) is 48.5 Å². The second-order valence-electron chi connectivity index (χ2n) is 5.69. The van der Waals surface area contributed by atoms with Crippen LogP contribution in [-0.2, 0) is 4.79 Å². The average Bonchev–Trinajstić information content (AvgIpc) is 2.81. The number of carbonyl (C=O) groups is 2. The van der Waals surface area contributed by atoms with Crippen molar-refractivity contribution in [3.63, 3.8) is 0 Å². The van der Waals surface area contributed by atoms with Gasteiger partial charge >= 0.3 is 0 Å². The second kappa shape index (κ2) is 4.55. The van der Waals surface area contributed by atoms with E-state index in [1.807, 2.05) is 59.5 Å². The van der Waals surface area contributed by atoms with Crippen LogP contribution in [0.15, 0.2) is 54.6 Å². The number of nitrogens with zero attached hydrogens (tertiary/aromatic N) is 1. The van der Waals surface area contributed by atoms with Crippen LogP contribution in [0, 0.1) is 0 Å². The zero-order chi connectivity index (χ0) is 14.4. The number of piperidine rings is 1. The lowest BCUT2D eigenvalue weighted by atomic mass is 9.89. The van der Waals surface area contributed by atoms with Gasteiger partial charge in [-0.15, -0.1) is 0 Å². The van der Waals surface area contributed by atoms with Crippen molar-refractivity contribution in [1.29, 1.82) is 0 Å². The number of fused-ring (bicyclic) bond motifs is 3. The molecule has 0 spiro atoms. The second-order valence-corrected chi connectivity index (χ2v) is 5.69. The Hall–Kier alpha value is -2.42.